The van der Waals surface area contributed by atoms with Gasteiger partial charge in [0.15, 0.2) is 0 Å². The zero-order valence-electron chi connectivity index (χ0n) is 11.0. The molecule has 0 saturated heterocycles. The highest BCUT2D eigenvalue weighted by Gasteiger charge is 2.21. The molecule has 0 spiro atoms. The van der Waals surface area contributed by atoms with Gasteiger partial charge in [0.1, 0.15) is 6.04 Å². The zero-order chi connectivity index (χ0) is 15.2. The number of carbonyl (C=O) groups is 2. The van der Waals surface area contributed by atoms with Crippen LogP contribution < -0.4 is 5.32 Å². The molecule has 1 aromatic carbocycles. The van der Waals surface area contributed by atoms with Crippen LogP contribution in [0.4, 0.5) is 0 Å². The maximum atomic E-state index is 12.0. The molecule has 0 radical (unpaired) electrons. The number of carboxylic acids is 1. The van der Waals surface area contributed by atoms with Gasteiger partial charge in [0.2, 0.25) is 0 Å². The smallest absolute Gasteiger partial charge is 0.326 e. The summed E-state index contributed by atoms with van der Waals surface area (Å²) in [7, 11) is 0. The number of amides is 1. The Bertz CT molecular complexity index is 646. The van der Waals surface area contributed by atoms with Crippen molar-refractivity contribution in [2.24, 2.45) is 0 Å². The molecular weight excluding hydrogens is 383 g/mol. The molecule has 108 valence electrons. The van der Waals surface area contributed by atoms with Crippen LogP contribution in [0.3, 0.4) is 0 Å². The number of benzene rings is 1. The highest BCUT2D eigenvalue weighted by atomic mass is 127. The molecule has 2 rings (SSSR count). The Morgan fingerprint density at radius 3 is 2.57 bits per heavy atom. The summed E-state index contributed by atoms with van der Waals surface area (Å²) in [4.78, 5) is 27.2. The first-order valence-electron chi connectivity index (χ1n) is 6.24. The largest absolute Gasteiger partial charge is 0.480 e. The van der Waals surface area contributed by atoms with Crippen molar-refractivity contribution in [3.05, 3.63) is 63.5 Å². The molecule has 6 heteroatoms. The first-order chi connectivity index (χ1) is 10.1. The molecule has 2 aromatic rings. The van der Waals surface area contributed by atoms with Gasteiger partial charge in [0.25, 0.3) is 5.91 Å². The first kappa shape index (κ1) is 15.4. The highest BCUT2D eigenvalue weighted by molar-refractivity contribution is 14.1. The van der Waals surface area contributed by atoms with Crippen molar-refractivity contribution in [2.45, 2.75) is 12.5 Å². The summed E-state index contributed by atoms with van der Waals surface area (Å²) in [5.41, 5.74) is 1.25. The average molecular weight is 396 g/mol. The molecule has 0 bridgehead atoms. The summed E-state index contributed by atoms with van der Waals surface area (Å²) >= 11 is 2.16. The molecule has 1 heterocycles. The predicted octanol–water partition coefficient (Wildman–Crippen LogP) is 2.11. The molecule has 0 aliphatic carbocycles. The average Bonchev–Trinajstić information content (AvgIpc) is 2.47. The Balaban J connectivity index is 2.09. The quantitative estimate of drug-likeness (QED) is 0.759. The second-order valence-corrected chi connectivity index (χ2v) is 5.68. The Kier molecular flexibility index (Phi) is 5.26. The Labute approximate surface area is 135 Å². The molecule has 2 N–H and O–H groups in total. The number of carbonyl (C=O) groups excluding carboxylic acids is 1. The molecule has 21 heavy (non-hydrogen) atoms. The third kappa shape index (κ3) is 4.52. The number of halogens is 1. The van der Waals surface area contributed by atoms with E-state index in [0.29, 0.717) is 5.56 Å². The number of rotatable bonds is 5. The van der Waals surface area contributed by atoms with E-state index in [-0.39, 0.29) is 6.42 Å². The van der Waals surface area contributed by atoms with E-state index in [1.54, 1.807) is 12.1 Å². The molecule has 5 nitrogen and oxygen atoms in total. The number of carboxylic acid groups (broad SMARTS) is 1. The molecular formula is C15H13IN2O3. The summed E-state index contributed by atoms with van der Waals surface area (Å²) in [6.07, 6.45) is 3.22. The van der Waals surface area contributed by atoms with Gasteiger partial charge in [-0.2, -0.15) is 0 Å². The Morgan fingerprint density at radius 2 is 1.95 bits per heavy atom. The molecule has 1 amide bonds. The first-order valence-corrected chi connectivity index (χ1v) is 7.32. The normalized spacial score (nSPS) is 11.7. The lowest BCUT2D eigenvalue weighted by Gasteiger charge is -2.14. The lowest BCUT2D eigenvalue weighted by atomic mass is 10.1. The van der Waals surface area contributed by atoms with Crippen molar-refractivity contribution in [1.29, 1.82) is 0 Å². The van der Waals surface area contributed by atoms with Gasteiger partial charge in [-0.05, 0) is 52.4 Å². The minimum absolute atomic E-state index is 0.239. The van der Waals surface area contributed by atoms with Crippen molar-refractivity contribution in [3.63, 3.8) is 0 Å². The molecule has 0 fully saturated rings. The van der Waals surface area contributed by atoms with E-state index in [1.807, 2.05) is 24.3 Å². The molecule has 0 saturated carbocycles. The van der Waals surface area contributed by atoms with Gasteiger partial charge < -0.3 is 10.4 Å². The number of pyridine rings is 1. The van der Waals surface area contributed by atoms with E-state index < -0.39 is 17.9 Å². The van der Waals surface area contributed by atoms with Gasteiger partial charge in [-0.15, -0.1) is 0 Å². The second-order valence-electron chi connectivity index (χ2n) is 4.43. The summed E-state index contributed by atoms with van der Waals surface area (Å²) in [5.74, 6) is -1.48. The summed E-state index contributed by atoms with van der Waals surface area (Å²) in [6.45, 7) is 0. The standard InChI is InChI=1S/C15H13IN2O3/c16-12-3-1-2-10(8-12)9-13(15(20)21)18-14(19)11-4-6-17-7-5-11/h1-8,13H,9H2,(H,18,19)(H,20,21)/t13-/m1/s1. The highest BCUT2D eigenvalue weighted by Crippen LogP contribution is 2.10. The summed E-state index contributed by atoms with van der Waals surface area (Å²) < 4.78 is 1.02. The molecule has 0 aliphatic heterocycles. The number of hydrogen-bond donors (Lipinski definition) is 2. The maximum Gasteiger partial charge on any atom is 0.326 e. The van der Waals surface area contributed by atoms with E-state index in [1.165, 1.54) is 12.4 Å². The summed E-state index contributed by atoms with van der Waals surface area (Å²) in [6, 6.07) is 9.64. The van der Waals surface area contributed by atoms with Crippen LogP contribution in [0.2, 0.25) is 0 Å². The van der Waals surface area contributed by atoms with Crippen molar-refractivity contribution >= 4 is 34.5 Å². The van der Waals surface area contributed by atoms with Crippen molar-refractivity contribution in [1.82, 2.24) is 10.3 Å². The SMILES string of the molecule is O=C(N[C@H](Cc1cccc(I)c1)C(=O)O)c1ccncc1. The number of nitrogens with one attached hydrogen (secondary N) is 1. The van der Waals surface area contributed by atoms with Gasteiger partial charge in [-0.25, -0.2) is 4.79 Å². The van der Waals surface area contributed by atoms with Crippen molar-refractivity contribution in [2.75, 3.05) is 0 Å². The van der Waals surface area contributed by atoms with E-state index >= 15 is 0 Å². The van der Waals surface area contributed by atoms with Crippen LogP contribution in [-0.4, -0.2) is 28.0 Å². The van der Waals surface area contributed by atoms with Gasteiger partial charge >= 0.3 is 5.97 Å². The number of hydrogen-bond acceptors (Lipinski definition) is 3. The van der Waals surface area contributed by atoms with E-state index in [9.17, 15) is 14.7 Å². The van der Waals surface area contributed by atoms with Gasteiger partial charge in [-0.3, -0.25) is 9.78 Å². The second kappa shape index (κ2) is 7.16. The fraction of sp³-hybridized carbons (Fsp3) is 0.133. The Morgan fingerprint density at radius 1 is 1.24 bits per heavy atom. The minimum atomic E-state index is -1.06. The fourth-order valence-corrected chi connectivity index (χ4v) is 2.45. The number of nitrogens with zero attached hydrogens (tertiary/aromatic N) is 1. The molecule has 0 aliphatic rings. The van der Waals surface area contributed by atoms with Crippen LogP contribution in [-0.2, 0) is 11.2 Å². The van der Waals surface area contributed by atoms with Crippen LogP contribution in [0, 0.1) is 3.57 Å². The molecule has 1 aromatic heterocycles. The lowest BCUT2D eigenvalue weighted by Crippen LogP contribution is -2.42. The van der Waals surface area contributed by atoms with Crippen molar-refractivity contribution < 1.29 is 14.7 Å². The van der Waals surface area contributed by atoms with Gasteiger partial charge in [0.05, 0.1) is 0 Å². The number of aliphatic carboxylic acids is 1. The van der Waals surface area contributed by atoms with Crippen LogP contribution in [0.15, 0.2) is 48.8 Å². The van der Waals surface area contributed by atoms with Crippen LogP contribution in [0.25, 0.3) is 0 Å². The predicted molar refractivity (Wildman–Crippen MR) is 86.0 cm³/mol. The summed E-state index contributed by atoms with van der Waals surface area (Å²) in [5, 5.41) is 11.8. The van der Waals surface area contributed by atoms with Crippen LogP contribution in [0.1, 0.15) is 15.9 Å². The zero-order valence-corrected chi connectivity index (χ0v) is 13.1. The fourth-order valence-electron chi connectivity index (χ4n) is 1.84. The lowest BCUT2D eigenvalue weighted by molar-refractivity contribution is -0.139. The van der Waals surface area contributed by atoms with E-state index in [4.69, 9.17) is 0 Å². The third-order valence-electron chi connectivity index (χ3n) is 2.87. The number of aromatic nitrogens is 1. The van der Waals surface area contributed by atoms with Gasteiger partial charge in [0, 0.05) is 27.9 Å². The Hall–Kier alpha value is -1.96. The monoisotopic (exact) mass is 396 g/mol. The topological polar surface area (TPSA) is 79.3 Å². The minimum Gasteiger partial charge on any atom is -0.480 e. The third-order valence-corrected chi connectivity index (χ3v) is 3.55. The van der Waals surface area contributed by atoms with Crippen LogP contribution >= 0.6 is 22.6 Å². The van der Waals surface area contributed by atoms with E-state index in [0.717, 1.165) is 9.13 Å². The molecule has 0 unspecified atom stereocenters. The van der Waals surface area contributed by atoms with Gasteiger partial charge in [-0.1, -0.05) is 12.1 Å². The van der Waals surface area contributed by atoms with Crippen LogP contribution in [0.5, 0.6) is 0 Å². The van der Waals surface area contributed by atoms with E-state index in [2.05, 4.69) is 32.9 Å². The molecule has 1 atom stereocenters. The van der Waals surface area contributed by atoms with Crippen molar-refractivity contribution in [3.8, 4) is 0 Å². The maximum absolute atomic E-state index is 12.0.